The van der Waals surface area contributed by atoms with E-state index in [-0.39, 0.29) is 57.8 Å². The third-order valence-electron chi connectivity index (χ3n) is 7.83. The standard InChI is InChI=1S/C27H33FN4O2.2CH4.H2S/c1-17-26-23(32-13-3-4-22(32)27(34)31(26)2)15-25(30-17)29-16-19-5-9-20(10-6-19)24(33)14-18-7-11-21(28)12-8-18;;;/h7-8,11-12,15,19-20,22H,3-6,9-10,13-14,16H2,1-2H3,(H,29,30);2*1H4;1H2/t19?,20?,22-;;;/m0.../s1. The maximum absolute atomic E-state index is 13.1. The highest BCUT2D eigenvalue weighted by molar-refractivity contribution is 7.59. The van der Waals surface area contributed by atoms with Gasteiger partial charge in [-0.2, -0.15) is 13.5 Å². The van der Waals surface area contributed by atoms with Crippen LogP contribution in [0.2, 0.25) is 0 Å². The van der Waals surface area contributed by atoms with E-state index in [2.05, 4.69) is 16.3 Å². The molecule has 0 unspecified atom stereocenters. The fourth-order valence-electron chi connectivity index (χ4n) is 5.90. The Labute approximate surface area is 228 Å². The van der Waals surface area contributed by atoms with Gasteiger partial charge in [0, 0.05) is 38.5 Å². The van der Waals surface area contributed by atoms with Gasteiger partial charge >= 0.3 is 0 Å². The summed E-state index contributed by atoms with van der Waals surface area (Å²) >= 11 is 0. The molecule has 1 saturated carbocycles. The minimum atomic E-state index is -0.270. The van der Waals surface area contributed by atoms with Crippen molar-refractivity contribution in [3.05, 3.63) is 47.4 Å². The quantitative estimate of drug-likeness (QED) is 0.505. The molecule has 37 heavy (non-hydrogen) atoms. The van der Waals surface area contributed by atoms with Crippen LogP contribution in [0.5, 0.6) is 0 Å². The van der Waals surface area contributed by atoms with E-state index in [1.165, 1.54) is 12.1 Å². The Hall–Kier alpha value is -2.61. The number of aryl methyl sites for hydroxylation is 1. The molecule has 3 aliphatic rings. The molecule has 1 amide bonds. The van der Waals surface area contributed by atoms with Crippen LogP contribution in [-0.2, 0) is 16.0 Å². The van der Waals surface area contributed by atoms with Crippen LogP contribution in [0, 0.1) is 24.6 Å². The summed E-state index contributed by atoms with van der Waals surface area (Å²) in [6.45, 7) is 3.72. The van der Waals surface area contributed by atoms with Gasteiger partial charge in [0.05, 0.1) is 17.1 Å². The summed E-state index contributed by atoms with van der Waals surface area (Å²) in [4.78, 5) is 34.2. The van der Waals surface area contributed by atoms with E-state index >= 15 is 0 Å². The van der Waals surface area contributed by atoms with Crippen LogP contribution in [-0.4, -0.2) is 42.9 Å². The number of ketones is 1. The number of carbonyl (C=O) groups is 2. The highest BCUT2D eigenvalue weighted by Gasteiger charge is 2.40. The number of aromatic nitrogens is 1. The highest BCUT2D eigenvalue weighted by atomic mass is 32.1. The normalized spacial score (nSPS) is 22.1. The lowest BCUT2D eigenvalue weighted by Crippen LogP contribution is -2.49. The van der Waals surface area contributed by atoms with E-state index < -0.39 is 0 Å². The minimum Gasteiger partial charge on any atom is -0.370 e. The monoisotopic (exact) mass is 530 g/mol. The zero-order chi connectivity index (χ0) is 23.8. The molecular weight excluding hydrogens is 487 g/mol. The van der Waals surface area contributed by atoms with E-state index in [1.54, 1.807) is 17.0 Å². The first-order valence-corrected chi connectivity index (χ1v) is 12.5. The number of nitrogens with one attached hydrogen (secondary N) is 1. The molecule has 1 aliphatic carbocycles. The highest BCUT2D eigenvalue weighted by Crippen LogP contribution is 2.42. The molecule has 1 aromatic heterocycles. The third-order valence-corrected chi connectivity index (χ3v) is 7.83. The molecule has 2 aromatic rings. The van der Waals surface area contributed by atoms with Crippen LogP contribution in [0.15, 0.2) is 30.3 Å². The zero-order valence-corrected chi connectivity index (χ0v) is 21.5. The van der Waals surface area contributed by atoms with E-state index in [0.29, 0.717) is 12.3 Å². The van der Waals surface area contributed by atoms with Crippen molar-refractivity contribution in [3.8, 4) is 0 Å². The van der Waals surface area contributed by atoms with E-state index in [9.17, 15) is 14.0 Å². The smallest absolute Gasteiger partial charge is 0.249 e. The van der Waals surface area contributed by atoms with Gasteiger partial charge in [0.15, 0.2) is 0 Å². The number of benzene rings is 1. The summed E-state index contributed by atoms with van der Waals surface area (Å²) in [6, 6.07) is 8.29. The largest absolute Gasteiger partial charge is 0.370 e. The molecule has 1 atom stereocenters. The lowest BCUT2D eigenvalue weighted by atomic mass is 9.79. The minimum absolute atomic E-state index is 0. The maximum Gasteiger partial charge on any atom is 0.249 e. The Morgan fingerprint density at radius 3 is 2.46 bits per heavy atom. The van der Waals surface area contributed by atoms with Gasteiger partial charge in [0.25, 0.3) is 0 Å². The SMILES string of the molecule is C.C.Cc1nc(NCC2CCC(C(=O)Cc3ccc(F)cc3)CC2)cc2c1N(C)C(=O)[C@@H]1CCCN21.S. The predicted octanol–water partition coefficient (Wildman–Crippen LogP) is 5.89. The van der Waals surface area contributed by atoms with Crippen LogP contribution >= 0.6 is 13.5 Å². The average Bonchev–Trinajstić information content (AvgIpc) is 3.33. The van der Waals surface area contributed by atoms with E-state index in [0.717, 1.165) is 80.1 Å². The summed E-state index contributed by atoms with van der Waals surface area (Å²) in [7, 11) is 1.86. The number of pyridine rings is 1. The van der Waals surface area contributed by atoms with Crippen molar-refractivity contribution in [2.75, 3.05) is 35.3 Å². The van der Waals surface area contributed by atoms with Gasteiger partial charge in [-0.25, -0.2) is 9.37 Å². The molecule has 5 rings (SSSR count). The summed E-state index contributed by atoms with van der Waals surface area (Å²) in [6.07, 6.45) is 6.19. The van der Waals surface area contributed by atoms with Gasteiger partial charge in [-0.1, -0.05) is 27.0 Å². The number of Topliss-reactive ketones (excluding diaryl/α,β-unsaturated/α-hetero) is 1. The number of carbonyl (C=O) groups excluding carboxylic acids is 2. The predicted molar refractivity (Wildman–Crippen MR) is 156 cm³/mol. The second kappa shape index (κ2) is 12.8. The fourth-order valence-corrected chi connectivity index (χ4v) is 5.90. The lowest BCUT2D eigenvalue weighted by molar-refractivity contribution is -0.123. The molecule has 1 saturated heterocycles. The molecule has 0 bridgehead atoms. The number of fused-ring (bicyclic) bond motifs is 3. The van der Waals surface area contributed by atoms with Crippen molar-refractivity contribution < 1.29 is 14.0 Å². The number of hydrogen-bond acceptors (Lipinski definition) is 5. The van der Waals surface area contributed by atoms with Crippen molar-refractivity contribution in [2.24, 2.45) is 11.8 Å². The summed E-state index contributed by atoms with van der Waals surface area (Å²) in [5.41, 5.74) is 3.79. The van der Waals surface area contributed by atoms with Crippen molar-refractivity contribution >= 4 is 42.4 Å². The Kier molecular flexibility index (Phi) is 10.6. The molecule has 2 fully saturated rings. The molecule has 2 aliphatic heterocycles. The fraction of sp³-hybridized carbons (Fsp3) is 0.552. The molecule has 3 heterocycles. The zero-order valence-electron chi connectivity index (χ0n) is 20.5. The van der Waals surface area contributed by atoms with E-state index in [1.807, 2.05) is 14.0 Å². The second-order valence-electron chi connectivity index (χ2n) is 10.1. The Morgan fingerprint density at radius 2 is 1.78 bits per heavy atom. The molecule has 0 radical (unpaired) electrons. The molecule has 6 nitrogen and oxygen atoms in total. The summed E-state index contributed by atoms with van der Waals surface area (Å²) < 4.78 is 13.1. The average molecular weight is 531 g/mol. The Morgan fingerprint density at radius 1 is 1.11 bits per heavy atom. The van der Waals surface area contributed by atoms with Gasteiger partial charge in [-0.05, 0) is 69.1 Å². The maximum atomic E-state index is 13.1. The van der Waals surface area contributed by atoms with Crippen molar-refractivity contribution in [3.63, 3.8) is 0 Å². The molecule has 0 spiro atoms. The Bertz CT molecular complexity index is 1090. The number of rotatable bonds is 6. The first-order chi connectivity index (χ1) is 16.4. The molecule has 1 N–H and O–H groups in total. The number of nitrogens with zero attached hydrogens (tertiary/aromatic N) is 3. The number of hydrogen-bond donors (Lipinski definition) is 1. The topological polar surface area (TPSA) is 65.5 Å². The second-order valence-corrected chi connectivity index (χ2v) is 10.1. The summed E-state index contributed by atoms with van der Waals surface area (Å²) in [5.74, 6) is 1.64. The van der Waals surface area contributed by atoms with Gasteiger partial charge in [-0.15, -0.1) is 0 Å². The van der Waals surface area contributed by atoms with Gasteiger partial charge in [0.1, 0.15) is 23.5 Å². The van der Waals surface area contributed by atoms with Gasteiger partial charge in [0.2, 0.25) is 5.91 Å². The number of amides is 1. The van der Waals surface area contributed by atoms with Crippen LogP contribution < -0.4 is 15.1 Å². The number of anilines is 3. The lowest BCUT2D eigenvalue weighted by Gasteiger charge is -2.38. The molecule has 204 valence electrons. The van der Waals surface area contributed by atoms with Crippen molar-refractivity contribution in [2.45, 2.75) is 72.8 Å². The van der Waals surface area contributed by atoms with Crippen LogP contribution in [0.25, 0.3) is 0 Å². The van der Waals surface area contributed by atoms with Gasteiger partial charge in [-0.3, -0.25) is 9.59 Å². The van der Waals surface area contributed by atoms with Crippen LogP contribution in [0.1, 0.15) is 64.6 Å². The number of halogens is 1. The van der Waals surface area contributed by atoms with Crippen molar-refractivity contribution in [1.82, 2.24) is 4.98 Å². The summed E-state index contributed by atoms with van der Waals surface area (Å²) in [5, 5.41) is 3.54. The van der Waals surface area contributed by atoms with E-state index in [4.69, 9.17) is 4.98 Å². The van der Waals surface area contributed by atoms with Crippen LogP contribution in [0.3, 0.4) is 0 Å². The molecular formula is C29H43FN4O2S. The first-order valence-electron chi connectivity index (χ1n) is 12.5. The third kappa shape index (κ3) is 6.28. The van der Waals surface area contributed by atoms with Crippen LogP contribution in [0.4, 0.5) is 21.6 Å². The molecule has 1 aromatic carbocycles. The van der Waals surface area contributed by atoms with Crippen molar-refractivity contribution in [1.29, 1.82) is 0 Å². The van der Waals surface area contributed by atoms with Gasteiger partial charge < -0.3 is 15.1 Å². The number of likely N-dealkylation sites (N-methyl/N-ethyl adjacent to an activating group) is 1. The first kappa shape index (κ1) is 30.6. The Balaban J connectivity index is 0.00000160. The molecule has 8 heteroatoms.